The zero-order chi connectivity index (χ0) is 23.6. The quantitative estimate of drug-likeness (QED) is 0.512. The zero-order valence-electron chi connectivity index (χ0n) is 19.3. The van der Waals surface area contributed by atoms with Crippen molar-refractivity contribution in [1.82, 2.24) is 9.88 Å². The Kier molecular flexibility index (Phi) is 4.84. The highest BCUT2D eigenvalue weighted by Crippen LogP contribution is 2.56. The van der Waals surface area contributed by atoms with Crippen LogP contribution in [0.2, 0.25) is 0 Å². The maximum atomic E-state index is 13.6. The van der Waals surface area contributed by atoms with Gasteiger partial charge in [-0.2, -0.15) is 0 Å². The van der Waals surface area contributed by atoms with Gasteiger partial charge in [0.15, 0.2) is 0 Å². The van der Waals surface area contributed by atoms with E-state index >= 15 is 0 Å². The molecule has 3 unspecified atom stereocenters. The summed E-state index contributed by atoms with van der Waals surface area (Å²) < 4.78 is 13.5. The molecule has 34 heavy (non-hydrogen) atoms. The Balaban J connectivity index is 1.27. The molecular formula is C28H29FN2O3. The number of carboxylic acids is 1. The number of benzene rings is 2. The molecule has 176 valence electrons. The number of hydrogen-bond acceptors (Lipinski definition) is 2. The van der Waals surface area contributed by atoms with Crippen LogP contribution in [0.25, 0.3) is 22.0 Å². The molecule has 3 aromatic rings. The molecule has 1 amide bonds. The van der Waals surface area contributed by atoms with Crippen molar-refractivity contribution in [3.8, 4) is 11.1 Å². The second-order valence-corrected chi connectivity index (χ2v) is 10.7. The summed E-state index contributed by atoms with van der Waals surface area (Å²) in [6.45, 7) is 2.08. The lowest BCUT2D eigenvalue weighted by Gasteiger charge is -2.60. The van der Waals surface area contributed by atoms with Crippen LogP contribution in [0.1, 0.15) is 56.9 Å². The van der Waals surface area contributed by atoms with Crippen molar-refractivity contribution < 1.29 is 19.1 Å². The van der Waals surface area contributed by atoms with E-state index in [4.69, 9.17) is 0 Å². The molecule has 2 aliphatic heterocycles. The molecule has 4 fully saturated rings. The minimum Gasteiger partial charge on any atom is -0.481 e. The van der Waals surface area contributed by atoms with Crippen LogP contribution in [0.5, 0.6) is 0 Å². The number of H-pyrrole nitrogens is 1. The van der Waals surface area contributed by atoms with Gasteiger partial charge in [0, 0.05) is 35.6 Å². The number of aromatic nitrogens is 1. The van der Waals surface area contributed by atoms with Gasteiger partial charge in [0.05, 0.1) is 5.41 Å². The third-order valence-corrected chi connectivity index (χ3v) is 8.57. The Morgan fingerprint density at radius 2 is 1.82 bits per heavy atom. The fourth-order valence-corrected chi connectivity index (χ4v) is 7.24. The van der Waals surface area contributed by atoms with Crippen LogP contribution in [-0.2, 0) is 9.59 Å². The van der Waals surface area contributed by atoms with Crippen LogP contribution >= 0.6 is 0 Å². The Hall–Kier alpha value is -3.15. The Morgan fingerprint density at radius 3 is 2.50 bits per heavy atom. The fraction of sp³-hybridized carbons (Fsp3) is 0.429. The van der Waals surface area contributed by atoms with E-state index in [0.717, 1.165) is 46.9 Å². The van der Waals surface area contributed by atoms with Crippen LogP contribution in [0.4, 0.5) is 4.39 Å². The number of aromatic amines is 1. The molecule has 0 radical (unpaired) electrons. The van der Waals surface area contributed by atoms with E-state index in [1.54, 1.807) is 12.1 Å². The molecule has 2 aliphatic carbocycles. The number of aliphatic carboxylic acids is 1. The Morgan fingerprint density at radius 1 is 1.12 bits per heavy atom. The van der Waals surface area contributed by atoms with E-state index in [-0.39, 0.29) is 29.7 Å². The van der Waals surface area contributed by atoms with Crippen molar-refractivity contribution in [3.63, 3.8) is 0 Å². The van der Waals surface area contributed by atoms with Gasteiger partial charge in [-0.3, -0.25) is 9.59 Å². The first-order valence-corrected chi connectivity index (χ1v) is 12.2. The Bertz CT molecular complexity index is 1260. The topological polar surface area (TPSA) is 73.4 Å². The highest BCUT2D eigenvalue weighted by atomic mass is 19.1. The number of halogens is 1. The molecule has 2 aromatic carbocycles. The van der Waals surface area contributed by atoms with Crippen molar-refractivity contribution in [2.24, 2.45) is 11.3 Å². The van der Waals surface area contributed by atoms with Crippen LogP contribution < -0.4 is 0 Å². The van der Waals surface area contributed by atoms with Crippen LogP contribution in [0.3, 0.4) is 0 Å². The largest absolute Gasteiger partial charge is 0.481 e. The maximum Gasteiger partial charge on any atom is 0.309 e. The molecule has 0 spiro atoms. The van der Waals surface area contributed by atoms with E-state index in [2.05, 4.69) is 11.9 Å². The zero-order valence-corrected chi connectivity index (χ0v) is 19.3. The number of amides is 1. The van der Waals surface area contributed by atoms with Gasteiger partial charge < -0.3 is 15.0 Å². The summed E-state index contributed by atoms with van der Waals surface area (Å²) in [5, 5.41) is 11.0. The number of carbonyl (C=O) groups is 2. The normalized spacial score (nSPS) is 28.4. The van der Waals surface area contributed by atoms with Gasteiger partial charge in [0.1, 0.15) is 5.82 Å². The second-order valence-electron chi connectivity index (χ2n) is 10.7. The summed E-state index contributed by atoms with van der Waals surface area (Å²) in [7, 11) is 0. The highest BCUT2D eigenvalue weighted by Gasteiger charge is 2.58. The predicted molar refractivity (Wildman–Crippen MR) is 128 cm³/mol. The molecular weight excluding hydrogens is 431 g/mol. The molecule has 2 saturated carbocycles. The average molecular weight is 461 g/mol. The van der Waals surface area contributed by atoms with Gasteiger partial charge >= 0.3 is 5.97 Å². The van der Waals surface area contributed by atoms with Crippen molar-refractivity contribution >= 4 is 22.8 Å². The second kappa shape index (κ2) is 7.69. The standard InChI is InChI=1S/C28H29FN2O3/c1-16(9-25(32)31-20-10-17-11-21(31)14-28(12-17,13-20)27(33)34)23-15-30-24-4-2-3-22(26(23)24)18-5-7-19(29)8-6-18/h2-8,15-17,20-21,30H,9-14H2,1H3,(H,33,34). The molecule has 3 atom stereocenters. The number of rotatable bonds is 5. The smallest absolute Gasteiger partial charge is 0.309 e. The summed E-state index contributed by atoms with van der Waals surface area (Å²) in [6.07, 6.45) is 6.22. The SMILES string of the molecule is CC(CC(=O)N1C2CC3CC1CC(C(=O)O)(C3)C2)c1c[nH]c2cccc(-c3ccc(F)cc3)c12. The Labute approximate surface area is 198 Å². The summed E-state index contributed by atoms with van der Waals surface area (Å²) >= 11 is 0. The summed E-state index contributed by atoms with van der Waals surface area (Å²) in [4.78, 5) is 31.0. The van der Waals surface area contributed by atoms with Crippen LogP contribution in [-0.4, -0.2) is 39.0 Å². The predicted octanol–water partition coefficient (Wildman–Crippen LogP) is 5.71. The van der Waals surface area contributed by atoms with Crippen LogP contribution in [0.15, 0.2) is 48.7 Å². The lowest BCUT2D eigenvalue weighted by atomic mass is 9.55. The lowest BCUT2D eigenvalue weighted by molar-refractivity contribution is -0.178. The monoisotopic (exact) mass is 460 g/mol. The molecule has 1 aromatic heterocycles. The number of nitrogens with one attached hydrogen (secondary N) is 1. The molecule has 3 heterocycles. The van der Waals surface area contributed by atoms with Crippen molar-refractivity contribution in [1.29, 1.82) is 0 Å². The first kappa shape index (κ1) is 21.4. The minimum absolute atomic E-state index is 0.00605. The minimum atomic E-state index is -0.681. The molecule has 5 nitrogen and oxygen atoms in total. The van der Waals surface area contributed by atoms with Crippen molar-refractivity contribution in [2.75, 3.05) is 0 Å². The van der Waals surface area contributed by atoms with Gasteiger partial charge in [-0.15, -0.1) is 0 Å². The third-order valence-electron chi connectivity index (χ3n) is 8.57. The first-order chi connectivity index (χ1) is 16.3. The van der Waals surface area contributed by atoms with E-state index in [1.807, 2.05) is 29.3 Å². The summed E-state index contributed by atoms with van der Waals surface area (Å²) in [5.41, 5.74) is 3.41. The van der Waals surface area contributed by atoms with Crippen molar-refractivity contribution in [2.45, 2.75) is 63.5 Å². The summed E-state index contributed by atoms with van der Waals surface area (Å²) in [6, 6.07) is 12.7. The molecule has 4 aliphatic rings. The fourth-order valence-electron chi connectivity index (χ4n) is 7.24. The molecule has 2 N–H and O–H groups in total. The number of nitrogens with zero attached hydrogens (tertiary/aromatic N) is 1. The number of fused-ring (bicyclic) bond motifs is 1. The van der Waals surface area contributed by atoms with E-state index in [0.29, 0.717) is 25.2 Å². The summed E-state index contributed by atoms with van der Waals surface area (Å²) in [5.74, 6) is -0.385. The lowest BCUT2D eigenvalue weighted by Crippen LogP contribution is -2.65. The molecule has 7 rings (SSSR count). The first-order valence-electron chi connectivity index (χ1n) is 12.2. The van der Waals surface area contributed by atoms with Gasteiger partial charge in [0.25, 0.3) is 0 Å². The molecule has 6 heteroatoms. The van der Waals surface area contributed by atoms with Crippen molar-refractivity contribution in [3.05, 3.63) is 60.0 Å². The number of hydrogen-bond donors (Lipinski definition) is 2. The number of piperidine rings is 2. The van der Waals surface area contributed by atoms with Gasteiger partial charge in [-0.1, -0.05) is 31.2 Å². The number of carbonyl (C=O) groups excluding carboxylic acids is 1. The van der Waals surface area contributed by atoms with Gasteiger partial charge in [-0.25, -0.2) is 4.39 Å². The maximum absolute atomic E-state index is 13.6. The third kappa shape index (κ3) is 3.26. The molecule has 2 saturated heterocycles. The van der Waals surface area contributed by atoms with E-state index in [9.17, 15) is 19.1 Å². The highest BCUT2D eigenvalue weighted by molar-refractivity contribution is 5.98. The average Bonchev–Trinajstić information content (AvgIpc) is 3.23. The van der Waals surface area contributed by atoms with E-state index < -0.39 is 11.4 Å². The van der Waals surface area contributed by atoms with Gasteiger partial charge in [0.2, 0.25) is 5.91 Å². The number of carboxylic acid groups (broad SMARTS) is 1. The molecule has 4 bridgehead atoms. The van der Waals surface area contributed by atoms with Crippen LogP contribution in [0, 0.1) is 17.2 Å². The van der Waals surface area contributed by atoms with Gasteiger partial charge in [-0.05, 0) is 78.8 Å². The van der Waals surface area contributed by atoms with E-state index in [1.165, 1.54) is 12.1 Å².